The fourth-order valence-corrected chi connectivity index (χ4v) is 2.47. The van der Waals surface area contributed by atoms with Gasteiger partial charge in [-0.25, -0.2) is 0 Å². The minimum absolute atomic E-state index is 0.891. The SMILES string of the molecule is CBCCN(C)C1CCCCCCC1. The summed E-state index contributed by atoms with van der Waals surface area (Å²) in [4.78, 5) is 2.61. The Kier molecular flexibility index (Phi) is 6.34. The predicted molar refractivity (Wildman–Crippen MR) is 66.6 cm³/mol. The van der Waals surface area contributed by atoms with Gasteiger partial charge in [0.25, 0.3) is 0 Å². The van der Waals surface area contributed by atoms with Gasteiger partial charge in [0.05, 0.1) is 0 Å². The monoisotopic (exact) mass is 195 g/mol. The van der Waals surface area contributed by atoms with Gasteiger partial charge >= 0.3 is 0 Å². The molecule has 0 bridgehead atoms. The van der Waals surface area contributed by atoms with Crippen molar-refractivity contribution in [3.8, 4) is 0 Å². The molecule has 0 atom stereocenters. The molecular weight excluding hydrogens is 169 g/mol. The molecule has 1 rings (SSSR count). The Hall–Kier alpha value is 0.0249. The standard InChI is InChI=1S/C12H26BN/c1-13-10-11-14(2)12-8-6-4-3-5-7-9-12/h12-13H,3-11H2,1-2H3. The van der Waals surface area contributed by atoms with Crippen LogP contribution < -0.4 is 0 Å². The molecule has 1 saturated carbocycles. The average Bonchev–Trinajstić information content (AvgIpc) is 2.13. The summed E-state index contributed by atoms with van der Waals surface area (Å²) in [5, 5.41) is 0. The van der Waals surface area contributed by atoms with Crippen LogP contribution in [-0.4, -0.2) is 31.8 Å². The Morgan fingerprint density at radius 3 is 2.21 bits per heavy atom. The molecule has 2 heteroatoms. The zero-order chi connectivity index (χ0) is 10.2. The summed E-state index contributed by atoms with van der Waals surface area (Å²) in [5.41, 5.74) is 0. The van der Waals surface area contributed by atoms with Crippen molar-refractivity contribution in [2.45, 2.75) is 64.1 Å². The van der Waals surface area contributed by atoms with E-state index >= 15 is 0 Å². The summed E-state index contributed by atoms with van der Waals surface area (Å²) in [5.74, 6) is 0. The first-order valence-corrected chi connectivity index (χ1v) is 6.55. The maximum absolute atomic E-state index is 2.61. The molecule has 0 aromatic rings. The van der Waals surface area contributed by atoms with E-state index in [1.54, 1.807) is 0 Å². The highest BCUT2D eigenvalue weighted by Gasteiger charge is 2.15. The Morgan fingerprint density at radius 1 is 1.07 bits per heavy atom. The summed E-state index contributed by atoms with van der Waals surface area (Å²) in [7, 11) is 3.65. The van der Waals surface area contributed by atoms with Gasteiger partial charge in [-0.3, -0.25) is 0 Å². The second-order valence-corrected chi connectivity index (χ2v) is 4.83. The van der Waals surface area contributed by atoms with Crippen LogP contribution in [0.5, 0.6) is 0 Å². The molecule has 0 aromatic heterocycles. The van der Waals surface area contributed by atoms with Gasteiger partial charge in [0, 0.05) is 6.04 Å². The number of hydrogen-bond acceptors (Lipinski definition) is 1. The van der Waals surface area contributed by atoms with Crippen molar-refractivity contribution in [3.63, 3.8) is 0 Å². The molecular formula is C12H26BN. The van der Waals surface area contributed by atoms with Crippen molar-refractivity contribution < 1.29 is 0 Å². The van der Waals surface area contributed by atoms with Crippen LogP contribution in [0.3, 0.4) is 0 Å². The van der Waals surface area contributed by atoms with Crippen LogP contribution in [0.4, 0.5) is 0 Å². The van der Waals surface area contributed by atoms with E-state index in [1.807, 2.05) is 0 Å². The minimum atomic E-state index is 0.891. The highest BCUT2D eigenvalue weighted by atomic mass is 15.1. The Morgan fingerprint density at radius 2 is 1.64 bits per heavy atom. The van der Waals surface area contributed by atoms with E-state index in [2.05, 4.69) is 18.8 Å². The van der Waals surface area contributed by atoms with Gasteiger partial charge in [0.2, 0.25) is 0 Å². The third kappa shape index (κ3) is 4.50. The zero-order valence-electron chi connectivity index (χ0n) is 10.1. The zero-order valence-corrected chi connectivity index (χ0v) is 10.1. The van der Waals surface area contributed by atoms with Crippen molar-refractivity contribution in [2.24, 2.45) is 0 Å². The lowest BCUT2D eigenvalue weighted by atomic mass is 9.78. The molecule has 82 valence electrons. The summed E-state index contributed by atoms with van der Waals surface area (Å²) in [6.07, 6.45) is 11.6. The van der Waals surface area contributed by atoms with Crippen LogP contribution in [-0.2, 0) is 0 Å². The van der Waals surface area contributed by atoms with Gasteiger partial charge in [0.1, 0.15) is 7.28 Å². The lowest BCUT2D eigenvalue weighted by molar-refractivity contribution is 0.212. The fourth-order valence-electron chi connectivity index (χ4n) is 2.47. The normalized spacial score (nSPS) is 20.5. The largest absolute Gasteiger partial charge is 0.304 e. The van der Waals surface area contributed by atoms with Crippen LogP contribution in [0.25, 0.3) is 0 Å². The third-order valence-corrected chi connectivity index (χ3v) is 3.56. The van der Waals surface area contributed by atoms with Gasteiger partial charge in [-0.2, -0.15) is 0 Å². The molecule has 0 aromatic carbocycles. The average molecular weight is 195 g/mol. The summed E-state index contributed by atoms with van der Waals surface area (Å²) in [6.45, 7) is 3.59. The molecule has 1 aliphatic carbocycles. The highest BCUT2D eigenvalue weighted by Crippen LogP contribution is 2.20. The fraction of sp³-hybridized carbons (Fsp3) is 1.00. The van der Waals surface area contributed by atoms with Crippen LogP contribution in [0, 0.1) is 0 Å². The molecule has 0 unspecified atom stereocenters. The van der Waals surface area contributed by atoms with Crippen LogP contribution >= 0.6 is 0 Å². The van der Waals surface area contributed by atoms with Crippen molar-refractivity contribution in [1.82, 2.24) is 4.90 Å². The van der Waals surface area contributed by atoms with Crippen molar-refractivity contribution in [3.05, 3.63) is 0 Å². The Labute approximate surface area is 90.5 Å². The van der Waals surface area contributed by atoms with Crippen LogP contribution in [0.2, 0.25) is 13.1 Å². The maximum Gasteiger partial charge on any atom is 0.119 e. The summed E-state index contributed by atoms with van der Waals surface area (Å²) >= 11 is 0. The molecule has 1 aliphatic rings. The molecule has 0 radical (unpaired) electrons. The van der Waals surface area contributed by atoms with Crippen LogP contribution in [0.1, 0.15) is 44.9 Å². The maximum atomic E-state index is 2.61. The van der Waals surface area contributed by atoms with Gasteiger partial charge in [0.15, 0.2) is 0 Å². The first-order chi connectivity index (χ1) is 6.84. The molecule has 1 fully saturated rings. The van der Waals surface area contributed by atoms with Crippen molar-refractivity contribution in [1.29, 1.82) is 0 Å². The lowest BCUT2D eigenvalue weighted by Gasteiger charge is -2.29. The molecule has 1 nitrogen and oxygen atoms in total. The summed E-state index contributed by atoms with van der Waals surface area (Å²) < 4.78 is 0. The second-order valence-electron chi connectivity index (χ2n) is 4.83. The number of nitrogens with zero attached hydrogens (tertiary/aromatic N) is 1. The molecule has 0 heterocycles. The van der Waals surface area contributed by atoms with E-state index in [0.29, 0.717) is 0 Å². The quantitative estimate of drug-likeness (QED) is 0.623. The minimum Gasteiger partial charge on any atom is -0.304 e. The highest BCUT2D eigenvalue weighted by molar-refractivity contribution is 6.33. The molecule has 0 aliphatic heterocycles. The number of hydrogen-bond donors (Lipinski definition) is 0. The Balaban J connectivity index is 2.23. The van der Waals surface area contributed by atoms with E-state index in [1.165, 1.54) is 65.1 Å². The number of rotatable bonds is 4. The molecule has 0 spiro atoms. The van der Waals surface area contributed by atoms with Crippen molar-refractivity contribution in [2.75, 3.05) is 13.6 Å². The smallest absolute Gasteiger partial charge is 0.119 e. The molecule has 0 N–H and O–H groups in total. The van der Waals surface area contributed by atoms with Gasteiger partial charge in [-0.1, -0.05) is 45.2 Å². The van der Waals surface area contributed by atoms with Crippen LogP contribution in [0.15, 0.2) is 0 Å². The second kappa shape index (κ2) is 7.33. The first-order valence-electron chi connectivity index (χ1n) is 6.55. The summed E-state index contributed by atoms with van der Waals surface area (Å²) in [6, 6.07) is 0.891. The van der Waals surface area contributed by atoms with E-state index in [0.717, 1.165) is 6.04 Å². The van der Waals surface area contributed by atoms with E-state index in [9.17, 15) is 0 Å². The van der Waals surface area contributed by atoms with Crippen molar-refractivity contribution >= 4 is 7.28 Å². The first kappa shape index (κ1) is 12.1. The molecule has 14 heavy (non-hydrogen) atoms. The van der Waals surface area contributed by atoms with E-state index < -0.39 is 0 Å². The van der Waals surface area contributed by atoms with Gasteiger partial charge in [-0.05, 0) is 26.4 Å². The van der Waals surface area contributed by atoms with E-state index in [4.69, 9.17) is 0 Å². The molecule has 0 amide bonds. The van der Waals surface area contributed by atoms with Gasteiger partial charge in [-0.15, -0.1) is 0 Å². The third-order valence-electron chi connectivity index (χ3n) is 3.56. The lowest BCUT2D eigenvalue weighted by Crippen LogP contribution is -2.33. The topological polar surface area (TPSA) is 3.24 Å². The predicted octanol–water partition coefficient (Wildman–Crippen LogP) is 2.93. The van der Waals surface area contributed by atoms with E-state index in [-0.39, 0.29) is 0 Å². The Bertz CT molecular complexity index is 130. The van der Waals surface area contributed by atoms with Gasteiger partial charge < -0.3 is 4.90 Å². The molecule has 0 saturated heterocycles.